The largest absolute Gasteiger partial charge is 0.354 e. The molecule has 0 aromatic heterocycles. The van der Waals surface area contributed by atoms with E-state index in [1.54, 1.807) is 0 Å². The minimum Gasteiger partial charge on any atom is -0.354 e. The molecule has 1 amide bonds. The lowest BCUT2D eigenvalue weighted by Crippen LogP contribution is -2.36. The summed E-state index contributed by atoms with van der Waals surface area (Å²) in [5.74, 6) is -0.137. The average molecular weight is 312 g/mol. The van der Waals surface area contributed by atoms with E-state index in [-0.39, 0.29) is 31.5 Å². The fourth-order valence-corrected chi connectivity index (χ4v) is 2.69. The average Bonchev–Trinajstić information content (AvgIpc) is 2.34. The summed E-state index contributed by atoms with van der Waals surface area (Å²) >= 11 is 0. The Morgan fingerprint density at radius 3 is 2.29 bits per heavy atom. The zero-order valence-electron chi connectivity index (χ0n) is 13.1. The van der Waals surface area contributed by atoms with Gasteiger partial charge in [0.1, 0.15) is 0 Å². The standard InChI is InChI=1S/C15H24N2O3S/c1-12(2)16-15(18)9-10-17(21(4,19)20)11-14-7-5-13(3)6-8-14/h5-8,12H,9-11H2,1-4H3,(H,16,18). The first-order valence-corrected chi connectivity index (χ1v) is 8.83. The van der Waals surface area contributed by atoms with Crippen LogP contribution in [0.25, 0.3) is 0 Å². The predicted molar refractivity (Wildman–Crippen MR) is 84.3 cm³/mol. The van der Waals surface area contributed by atoms with Crippen molar-refractivity contribution >= 4 is 15.9 Å². The maximum atomic E-state index is 11.8. The first-order chi connectivity index (χ1) is 9.68. The molecule has 1 N–H and O–H groups in total. The topological polar surface area (TPSA) is 66.5 Å². The second-order valence-corrected chi connectivity index (χ2v) is 7.54. The van der Waals surface area contributed by atoms with Crippen LogP contribution in [0.15, 0.2) is 24.3 Å². The van der Waals surface area contributed by atoms with Crippen LogP contribution in [0.1, 0.15) is 31.4 Å². The first kappa shape index (κ1) is 17.7. The van der Waals surface area contributed by atoms with Crippen molar-refractivity contribution in [2.45, 2.75) is 39.8 Å². The highest BCUT2D eigenvalue weighted by atomic mass is 32.2. The van der Waals surface area contributed by atoms with Crippen LogP contribution < -0.4 is 5.32 Å². The van der Waals surface area contributed by atoms with Crippen LogP contribution in [0.2, 0.25) is 0 Å². The Hall–Kier alpha value is -1.40. The van der Waals surface area contributed by atoms with Crippen LogP contribution in [0, 0.1) is 6.92 Å². The van der Waals surface area contributed by atoms with E-state index in [0.29, 0.717) is 0 Å². The molecule has 6 heteroatoms. The smallest absolute Gasteiger partial charge is 0.221 e. The van der Waals surface area contributed by atoms with Crippen LogP contribution in [0.3, 0.4) is 0 Å². The lowest BCUT2D eigenvalue weighted by Gasteiger charge is -2.20. The molecule has 118 valence electrons. The molecule has 0 atom stereocenters. The lowest BCUT2D eigenvalue weighted by atomic mass is 10.1. The molecule has 0 saturated heterocycles. The number of nitrogens with one attached hydrogen (secondary N) is 1. The second kappa shape index (κ2) is 7.56. The molecule has 0 spiro atoms. The third-order valence-corrected chi connectivity index (χ3v) is 4.24. The van der Waals surface area contributed by atoms with Gasteiger partial charge in [0.15, 0.2) is 0 Å². The van der Waals surface area contributed by atoms with E-state index in [4.69, 9.17) is 0 Å². The molecule has 1 rings (SSSR count). The lowest BCUT2D eigenvalue weighted by molar-refractivity contribution is -0.121. The van der Waals surface area contributed by atoms with Crippen molar-refractivity contribution in [2.75, 3.05) is 12.8 Å². The Morgan fingerprint density at radius 1 is 1.24 bits per heavy atom. The van der Waals surface area contributed by atoms with Gasteiger partial charge in [0.05, 0.1) is 6.26 Å². The maximum absolute atomic E-state index is 11.8. The number of aryl methyl sites for hydroxylation is 1. The number of nitrogens with zero attached hydrogens (tertiary/aromatic N) is 1. The molecule has 0 unspecified atom stereocenters. The van der Waals surface area contributed by atoms with E-state index in [1.165, 1.54) is 10.6 Å². The minimum atomic E-state index is -3.34. The molecular formula is C15H24N2O3S. The Balaban J connectivity index is 2.69. The van der Waals surface area contributed by atoms with Gasteiger partial charge in [-0.15, -0.1) is 0 Å². The van der Waals surface area contributed by atoms with Crippen LogP contribution >= 0.6 is 0 Å². The maximum Gasteiger partial charge on any atom is 0.221 e. The number of rotatable bonds is 7. The van der Waals surface area contributed by atoms with E-state index in [2.05, 4.69) is 5.32 Å². The Bertz CT molecular complexity index is 565. The number of hydrogen-bond acceptors (Lipinski definition) is 3. The third-order valence-electron chi connectivity index (χ3n) is 2.99. The Labute approximate surface area is 127 Å². The summed E-state index contributed by atoms with van der Waals surface area (Å²) in [5, 5.41) is 2.76. The van der Waals surface area contributed by atoms with Gasteiger partial charge in [-0.1, -0.05) is 29.8 Å². The zero-order chi connectivity index (χ0) is 16.0. The van der Waals surface area contributed by atoms with Gasteiger partial charge in [-0.05, 0) is 26.3 Å². The molecule has 0 heterocycles. The summed E-state index contributed by atoms with van der Waals surface area (Å²) in [6.07, 6.45) is 1.33. The van der Waals surface area contributed by atoms with Crippen LogP contribution in [0.4, 0.5) is 0 Å². The number of hydrogen-bond donors (Lipinski definition) is 1. The molecule has 0 radical (unpaired) electrons. The summed E-state index contributed by atoms with van der Waals surface area (Å²) in [6, 6.07) is 7.76. The summed E-state index contributed by atoms with van der Waals surface area (Å²) in [6.45, 7) is 6.20. The van der Waals surface area contributed by atoms with Gasteiger partial charge in [0.25, 0.3) is 0 Å². The van der Waals surface area contributed by atoms with Crippen molar-refractivity contribution < 1.29 is 13.2 Å². The molecule has 5 nitrogen and oxygen atoms in total. The van der Waals surface area contributed by atoms with Crippen molar-refractivity contribution in [1.29, 1.82) is 0 Å². The molecule has 0 bridgehead atoms. The van der Waals surface area contributed by atoms with E-state index in [0.717, 1.165) is 11.1 Å². The van der Waals surface area contributed by atoms with Gasteiger partial charge >= 0.3 is 0 Å². The van der Waals surface area contributed by atoms with Crippen molar-refractivity contribution in [2.24, 2.45) is 0 Å². The van der Waals surface area contributed by atoms with E-state index in [1.807, 2.05) is 45.0 Å². The number of benzene rings is 1. The Kier molecular flexibility index (Phi) is 6.36. The predicted octanol–water partition coefficient (Wildman–Crippen LogP) is 1.67. The summed E-state index contributed by atoms with van der Waals surface area (Å²) in [7, 11) is -3.34. The molecule has 0 aliphatic carbocycles. The first-order valence-electron chi connectivity index (χ1n) is 6.98. The zero-order valence-corrected chi connectivity index (χ0v) is 13.9. The van der Waals surface area contributed by atoms with Crippen molar-refractivity contribution in [3.8, 4) is 0 Å². The van der Waals surface area contributed by atoms with Crippen LogP contribution in [-0.2, 0) is 21.4 Å². The third kappa shape index (κ3) is 6.73. The van der Waals surface area contributed by atoms with E-state index < -0.39 is 10.0 Å². The van der Waals surface area contributed by atoms with Gasteiger partial charge in [0.2, 0.25) is 15.9 Å². The van der Waals surface area contributed by atoms with Crippen molar-refractivity contribution in [3.63, 3.8) is 0 Å². The summed E-state index contributed by atoms with van der Waals surface area (Å²) in [4.78, 5) is 11.6. The summed E-state index contributed by atoms with van der Waals surface area (Å²) in [5.41, 5.74) is 2.04. The van der Waals surface area contributed by atoms with Gasteiger partial charge in [-0.3, -0.25) is 4.79 Å². The fourth-order valence-electron chi connectivity index (χ4n) is 1.88. The molecule has 1 aromatic carbocycles. The fraction of sp³-hybridized carbons (Fsp3) is 0.533. The van der Waals surface area contributed by atoms with Gasteiger partial charge in [0, 0.05) is 25.6 Å². The highest BCUT2D eigenvalue weighted by Crippen LogP contribution is 2.10. The van der Waals surface area contributed by atoms with Crippen LogP contribution in [-0.4, -0.2) is 37.5 Å². The molecule has 0 aliphatic rings. The highest BCUT2D eigenvalue weighted by molar-refractivity contribution is 7.88. The van der Waals surface area contributed by atoms with E-state index in [9.17, 15) is 13.2 Å². The molecule has 0 saturated carbocycles. The number of carbonyl (C=O) groups is 1. The number of sulfonamides is 1. The van der Waals surface area contributed by atoms with Gasteiger partial charge < -0.3 is 5.32 Å². The van der Waals surface area contributed by atoms with Crippen LogP contribution in [0.5, 0.6) is 0 Å². The number of amides is 1. The van der Waals surface area contributed by atoms with Crippen molar-refractivity contribution in [3.05, 3.63) is 35.4 Å². The Morgan fingerprint density at radius 2 is 1.81 bits per heavy atom. The molecular weight excluding hydrogens is 288 g/mol. The van der Waals surface area contributed by atoms with Gasteiger partial charge in [-0.2, -0.15) is 4.31 Å². The SMILES string of the molecule is Cc1ccc(CN(CCC(=O)NC(C)C)S(C)(=O)=O)cc1. The monoisotopic (exact) mass is 312 g/mol. The second-order valence-electron chi connectivity index (χ2n) is 5.55. The van der Waals surface area contributed by atoms with Gasteiger partial charge in [-0.25, -0.2) is 8.42 Å². The number of carbonyl (C=O) groups excluding carboxylic acids is 1. The van der Waals surface area contributed by atoms with E-state index >= 15 is 0 Å². The normalized spacial score (nSPS) is 11.9. The molecule has 0 fully saturated rings. The quantitative estimate of drug-likeness (QED) is 0.833. The molecule has 21 heavy (non-hydrogen) atoms. The van der Waals surface area contributed by atoms with Crippen molar-refractivity contribution in [1.82, 2.24) is 9.62 Å². The molecule has 0 aliphatic heterocycles. The highest BCUT2D eigenvalue weighted by Gasteiger charge is 2.18. The molecule has 1 aromatic rings. The minimum absolute atomic E-state index is 0.0567. The summed E-state index contributed by atoms with van der Waals surface area (Å²) < 4.78 is 25.0.